The van der Waals surface area contributed by atoms with Gasteiger partial charge in [-0.25, -0.2) is 0 Å². The van der Waals surface area contributed by atoms with Gasteiger partial charge in [-0.1, -0.05) is 0 Å². The number of nitrogens with zero attached hydrogens (tertiary/aromatic N) is 3. The molecule has 0 spiro atoms. The van der Waals surface area contributed by atoms with E-state index < -0.39 is 0 Å². The lowest BCUT2D eigenvalue weighted by Crippen LogP contribution is -2.42. The highest BCUT2D eigenvalue weighted by Gasteiger charge is 2.29. The molecule has 2 rings (SSSR count). The first kappa shape index (κ1) is 12.6. The Kier molecular flexibility index (Phi) is 3.64. The summed E-state index contributed by atoms with van der Waals surface area (Å²) in [5, 5.41) is 3.98. The van der Waals surface area contributed by atoms with E-state index in [-0.39, 0.29) is 17.8 Å². The van der Waals surface area contributed by atoms with Gasteiger partial charge in [-0.15, -0.1) is 0 Å². The number of ether oxygens (including phenoxy) is 1. The van der Waals surface area contributed by atoms with Crippen LogP contribution in [-0.2, 0) is 16.6 Å². The van der Waals surface area contributed by atoms with E-state index in [0.29, 0.717) is 18.7 Å². The van der Waals surface area contributed by atoms with Crippen molar-refractivity contribution in [1.82, 2.24) is 14.7 Å². The van der Waals surface area contributed by atoms with E-state index >= 15 is 0 Å². The van der Waals surface area contributed by atoms with Crippen LogP contribution in [0, 0.1) is 5.92 Å². The van der Waals surface area contributed by atoms with Crippen LogP contribution in [0.15, 0.2) is 12.4 Å². The maximum absolute atomic E-state index is 12.2. The van der Waals surface area contributed by atoms with Gasteiger partial charge in [0.15, 0.2) is 0 Å². The quantitative estimate of drug-likeness (QED) is 0.716. The van der Waals surface area contributed by atoms with Gasteiger partial charge in [-0.3, -0.25) is 14.3 Å². The number of carbonyl (C=O) groups is 2. The largest absolute Gasteiger partial charge is 0.469 e. The lowest BCUT2D eigenvalue weighted by atomic mass is 9.98. The second kappa shape index (κ2) is 5.20. The van der Waals surface area contributed by atoms with Gasteiger partial charge < -0.3 is 9.64 Å². The van der Waals surface area contributed by atoms with Crippen LogP contribution in [0.4, 0.5) is 0 Å². The third kappa shape index (κ3) is 2.52. The van der Waals surface area contributed by atoms with E-state index in [1.807, 2.05) is 0 Å². The molecule has 1 unspecified atom stereocenters. The molecule has 1 saturated heterocycles. The number of likely N-dealkylation sites (tertiary alicyclic amines) is 1. The van der Waals surface area contributed by atoms with Gasteiger partial charge in [0.2, 0.25) is 0 Å². The summed E-state index contributed by atoms with van der Waals surface area (Å²) in [6.07, 6.45) is 4.84. The standard InChI is InChI=1S/C12H17N3O3/c1-14-7-10(6-13-14)11(16)15-5-3-4-9(8-15)12(17)18-2/h6-7,9H,3-5,8H2,1-2H3. The number of aryl methyl sites for hydroxylation is 1. The molecule has 6 nitrogen and oxygen atoms in total. The van der Waals surface area contributed by atoms with Gasteiger partial charge in [-0.05, 0) is 12.8 Å². The van der Waals surface area contributed by atoms with Crippen molar-refractivity contribution in [3.63, 3.8) is 0 Å². The topological polar surface area (TPSA) is 64.4 Å². The fourth-order valence-electron chi connectivity index (χ4n) is 2.23. The summed E-state index contributed by atoms with van der Waals surface area (Å²) in [7, 11) is 3.15. The molecule has 0 aliphatic carbocycles. The predicted molar refractivity (Wildman–Crippen MR) is 63.9 cm³/mol. The lowest BCUT2D eigenvalue weighted by Gasteiger charge is -2.31. The Morgan fingerprint density at radius 2 is 2.28 bits per heavy atom. The number of amides is 1. The summed E-state index contributed by atoms with van der Waals surface area (Å²) in [6, 6.07) is 0. The molecular formula is C12H17N3O3. The van der Waals surface area contributed by atoms with E-state index in [9.17, 15) is 9.59 Å². The van der Waals surface area contributed by atoms with Crippen LogP contribution in [0.25, 0.3) is 0 Å². The molecule has 1 aliphatic rings. The summed E-state index contributed by atoms with van der Waals surface area (Å²) in [6.45, 7) is 1.11. The number of rotatable bonds is 2. The van der Waals surface area contributed by atoms with Crippen LogP contribution in [0.3, 0.4) is 0 Å². The van der Waals surface area contributed by atoms with Crippen molar-refractivity contribution in [2.75, 3.05) is 20.2 Å². The highest BCUT2D eigenvalue weighted by Crippen LogP contribution is 2.19. The van der Waals surface area contributed by atoms with Crippen molar-refractivity contribution in [3.8, 4) is 0 Å². The van der Waals surface area contributed by atoms with Crippen molar-refractivity contribution in [2.45, 2.75) is 12.8 Å². The molecule has 98 valence electrons. The zero-order valence-corrected chi connectivity index (χ0v) is 10.6. The highest BCUT2D eigenvalue weighted by molar-refractivity contribution is 5.94. The predicted octanol–water partition coefficient (Wildman–Crippen LogP) is 0.445. The molecule has 1 aliphatic heterocycles. The van der Waals surface area contributed by atoms with E-state index in [4.69, 9.17) is 4.74 Å². The van der Waals surface area contributed by atoms with Gasteiger partial charge >= 0.3 is 5.97 Å². The summed E-state index contributed by atoms with van der Waals surface area (Å²) >= 11 is 0. The minimum Gasteiger partial charge on any atom is -0.469 e. The minimum absolute atomic E-state index is 0.0725. The number of carbonyl (C=O) groups excluding carboxylic acids is 2. The first-order chi connectivity index (χ1) is 8.61. The van der Waals surface area contributed by atoms with Gasteiger partial charge in [0.25, 0.3) is 5.91 Å². The molecule has 1 aromatic heterocycles. The molecule has 1 aromatic rings. The van der Waals surface area contributed by atoms with Crippen molar-refractivity contribution in [1.29, 1.82) is 0 Å². The molecule has 1 atom stereocenters. The van der Waals surface area contributed by atoms with Crippen LogP contribution in [0.1, 0.15) is 23.2 Å². The molecule has 18 heavy (non-hydrogen) atoms. The molecule has 0 N–H and O–H groups in total. The molecule has 0 saturated carbocycles. The Morgan fingerprint density at radius 1 is 1.50 bits per heavy atom. The molecule has 1 fully saturated rings. The zero-order valence-electron chi connectivity index (χ0n) is 10.6. The first-order valence-corrected chi connectivity index (χ1v) is 5.97. The van der Waals surface area contributed by atoms with Crippen LogP contribution in [0.5, 0.6) is 0 Å². The molecule has 0 bridgehead atoms. The van der Waals surface area contributed by atoms with E-state index in [1.54, 1.807) is 29.0 Å². The third-order valence-electron chi connectivity index (χ3n) is 3.19. The monoisotopic (exact) mass is 251 g/mol. The van der Waals surface area contributed by atoms with Crippen LogP contribution in [-0.4, -0.2) is 46.8 Å². The normalized spacial score (nSPS) is 19.7. The van der Waals surface area contributed by atoms with Crippen molar-refractivity contribution >= 4 is 11.9 Å². The molecule has 0 radical (unpaired) electrons. The molecular weight excluding hydrogens is 234 g/mol. The number of hydrogen-bond acceptors (Lipinski definition) is 4. The smallest absolute Gasteiger partial charge is 0.310 e. The molecule has 1 amide bonds. The fourth-order valence-corrected chi connectivity index (χ4v) is 2.23. The molecule has 0 aromatic carbocycles. The Hall–Kier alpha value is -1.85. The van der Waals surface area contributed by atoms with Gasteiger partial charge in [0.05, 0.1) is 24.8 Å². The van der Waals surface area contributed by atoms with Crippen molar-refractivity contribution in [3.05, 3.63) is 18.0 Å². The molecule has 6 heteroatoms. The average molecular weight is 251 g/mol. The zero-order chi connectivity index (χ0) is 13.1. The first-order valence-electron chi connectivity index (χ1n) is 5.97. The third-order valence-corrected chi connectivity index (χ3v) is 3.19. The Balaban J connectivity index is 2.05. The Bertz CT molecular complexity index is 455. The maximum Gasteiger partial charge on any atom is 0.310 e. The lowest BCUT2D eigenvalue weighted by molar-refractivity contribution is -0.146. The SMILES string of the molecule is COC(=O)C1CCCN(C(=O)c2cnn(C)c2)C1. The molecule has 2 heterocycles. The second-order valence-corrected chi connectivity index (χ2v) is 4.52. The summed E-state index contributed by atoms with van der Waals surface area (Å²) < 4.78 is 6.33. The summed E-state index contributed by atoms with van der Waals surface area (Å²) in [5.41, 5.74) is 0.558. The Morgan fingerprint density at radius 3 is 2.89 bits per heavy atom. The number of piperidine rings is 1. The maximum atomic E-state index is 12.2. The van der Waals surface area contributed by atoms with Crippen LogP contribution in [0.2, 0.25) is 0 Å². The van der Waals surface area contributed by atoms with Gasteiger partial charge in [0, 0.05) is 26.3 Å². The van der Waals surface area contributed by atoms with Crippen molar-refractivity contribution < 1.29 is 14.3 Å². The van der Waals surface area contributed by atoms with Crippen LogP contribution < -0.4 is 0 Å². The number of methoxy groups -OCH3 is 1. The highest BCUT2D eigenvalue weighted by atomic mass is 16.5. The number of esters is 1. The fraction of sp³-hybridized carbons (Fsp3) is 0.583. The minimum atomic E-state index is -0.237. The van der Waals surface area contributed by atoms with Gasteiger partial charge in [0.1, 0.15) is 0 Å². The Labute approximate surface area is 106 Å². The summed E-state index contributed by atoms with van der Waals surface area (Å²) in [4.78, 5) is 25.4. The van der Waals surface area contributed by atoms with E-state index in [0.717, 1.165) is 12.8 Å². The van der Waals surface area contributed by atoms with E-state index in [2.05, 4.69) is 5.10 Å². The number of hydrogen-bond donors (Lipinski definition) is 0. The van der Waals surface area contributed by atoms with E-state index in [1.165, 1.54) is 7.11 Å². The van der Waals surface area contributed by atoms with Gasteiger partial charge in [-0.2, -0.15) is 5.10 Å². The van der Waals surface area contributed by atoms with Crippen molar-refractivity contribution in [2.24, 2.45) is 13.0 Å². The second-order valence-electron chi connectivity index (χ2n) is 4.52. The van der Waals surface area contributed by atoms with Crippen LogP contribution >= 0.6 is 0 Å². The number of aromatic nitrogens is 2. The average Bonchev–Trinajstić information content (AvgIpc) is 2.83. The summed E-state index contributed by atoms with van der Waals surface area (Å²) in [5.74, 6) is -0.514.